The van der Waals surface area contributed by atoms with Crippen LogP contribution in [-0.2, 0) is 23.0 Å². The molecule has 2 aromatic rings. The van der Waals surface area contributed by atoms with Gasteiger partial charge in [0.25, 0.3) is 0 Å². The van der Waals surface area contributed by atoms with Crippen LogP contribution in [0.3, 0.4) is 0 Å². The van der Waals surface area contributed by atoms with E-state index in [0.717, 1.165) is 29.8 Å². The second-order valence-electron chi connectivity index (χ2n) is 5.29. The Hall–Kier alpha value is -1.90. The number of sulfonamides is 1. The molecule has 1 aliphatic heterocycles. The van der Waals surface area contributed by atoms with E-state index in [1.807, 2.05) is 11.4 Å². The Bertz CT molecular complexity index is 858. The number of hydrogen-bond donors (Lipinski definition) is 2. The van der Waals surface area contributed by atoms with Crippen molar-refractivity contribution in [2.45, 2.75) is 17.9 Å². The average molecular weight is 352 g/mol. The summed E-state index contributed by atoms with van der Waals surface area (Å²) in [4.78, 5) is 13.6. The van der Waals surface area contributed by atoms with Gasteiger partial charge in [-0.2, -0.15) is 0 Å². The van der Waals surface area contributed by atoms with Gasteiger partial charge in [-0.15, -0.1) is 11.3 Å². The van der Waals surface area contributed by atoms with E-state index in [0.29, 0.717) is 11.4 Å². The molecule has 23 heavy (non-hydrogen) atoms. The first-order valence-corrected chi connectivity index (χ1v) is 9.39. The highest BCUT2D eigenvalue weighted by atomic mass is 32.2. The highest BCUT2D eigenvalue weighted by Crippen LogP contribution is 2.32. The van der Waals surface area contributed by atoms with E-state index >= 15 is 0 Å². The van der Waals surface area contributed by atoms with Gasteiger partial charge in [-0.1, -0.05) is 6.07 Å². The van der Waals surface area contributed by atoms with Crippen LogP contribution in [-0.4, -0.2) is 33.1 Å². The highest BCUT2D eigenvalue weighted by Gasteiger charge is 2.23. The molecule has 1 aromatic carbocycles. The summed E-state index contributed by atoms with van der Waals surface area (Å²) in [5.41, 5.74) is 2.92. The number of fused-ring (bicyclic) bond motifs is 1. The second kappa shape index (κ2) is 5.95. The number of benzene rings is 1. The van der Waals surface area contributed by atoms with Gasteiger partial charge in [-0.25, -0.2) is 17.9 Å². The maximum absolute atomic E-state index is 12.0. The third-order valence-electron chi connectivity index (χ3n) is 3.87. The quantitative estimate of drug-likeness (QED) is 0.858. The third kappa shape index (κ3) is 3.10. The molecule has 1 aliphatic rings. The van der Waals surface area contributed by atoms with Gasteiger partial charge in [-0.05, 0) is 48.2 Å². The van der Waals surface area contributed by atoms with Crippen LogP contribution in [0.25, 0.3) is 0 Å². The van der Waals surface area contributed by atoms with Crippen LogP contribution < -0.4 is 9.62 Å². The molecule has 0 amide bonds. The molecule has 0 aliphatic carbocycles. The lowest BCUT2D eigenvalue weighted by Gasteiger charge is -2.19. The number of rotatable bonds is 5. The second-order valence-corrected chi connectivity index (χ2v) is 8.09. The van der Waals surface area contributed by atoms with Crippen LogP contribution >= 0.6 is 11.3 Å². The number of carbonyl (C=O) groups is 1. The van der Waals surface area contributed by atoms with Gasteiger partial charge in [-0.3, -0.25) is 0 Å². The van der Waals surface area contributed by atoms with E-state index in [2.05, 4.69) is 9.62 Å². The molecule has 0 atom stereocenters. The van der Waals surface area contributed by atoms with Crippen molar-refractivity contribution in [3.63, 3.8) is 0 Å². The third-order valence-corrected chi connectivity index (χ3v) is 6.24. The Morgan fingerprint density at radius 3 is 2.83 bits per heavy atom. The van der Waals surface area contributed by atoms with Crippen LogP contribution in [0, 0.1) is 0 Å². The summed E-state index contributed by atoms with van der Waals surface area (Å²) in [6.45, 7) is 1.36. The fourth-order valence-corrected chi connectivity index (χ4v) is 4.16. The molecule has 0 saturated carbocycles. The summed E-state index contributed by atoms with van der Waals surface area (Å²) in [5.74, 6) is -0.925. The Kier molecular flexibility index (Phi) is 4.13. The maximum Gasteiger partial charge on any atom is 0.345 e. The number of nitrogens with one attached hydrogen (secondary N) is 1. The van der Waals surface area contributed by atoms with Gasteiger partial charge >= 0.3 is 5.97 Å². The molecule has 0 radical (unpaired) electrons. The summed E-state index contributed by atoms with van der Waals surface area (Å²) in [6, 6.07) is 6.80. The first-order valence-electron chi connectivity index (χ1n) is 7.03. The van der Waals surface area contributed by atoms with E-state index in [4.69, 9.17) is 5.11 Å². The minimum absolute atomic E-state index is 0.238. The SMILES string of the molecule is CNS(=O)(=O)c1ccc2c(c1)N(Cc1csc(C(=O)O)c1)CC2. The molecule has 8 heteroatoms. The molecule has 3 rings (SSSR count). The van der Waals surface area contributed by atoms with Crippen molar-refractivity contribution in [2.24, 2.45) is 0 Å². The smallest absolute Gasteiger partial charge is 0.345 e. The van der Waals surface area contributed by atoms with Gasteiger partial charge < -0.3 is 10.0 Å². The van der Waals surface area contributed by atoms with Crippen molar-refractivity contribution in [2.75, 3.05) is 18.5 Å². The zero-order valence-electron chi connectivity index (χ0n) is 12.4. The molecule has 1 aromatic heterocycles. The lowest BCUT2D eigenvalue weighted by molar-refractivity contribution is 0.0702. The molecular formula is C15H16N2O4S2. The van der Waals surface area contributed by atoms with Crippen LogP contribution in [0.4, 0.5) is 5.69 Å². The van der Waals surface area contributed by atoms with Crippen molar-refractivity contribution in [1.82, 2.24) is 4.72 Å². The first kappa shape index (κ1) is 16.0. The number of carboxylic acids is 1. The predicted octanol–water partition coefficient (Wildman–Crippen LogP) is 1.92. The largest absolute Gasteiger partial charge is 0.477 e. The molecule has 0 bridgehead atoms. The molecule has 0 fully saturated rings. The number of thiophene rings is 1. The Labute approximate surface area is 138 Å². The Balaban J connectivity index is 1.88. The molecule has 2 heterocycles. The summed E-state index contributed by atoms with van der Waals surface area (Å²) in [5, 5.41) is 10.8. The molecule has 2 N–H and O–H groups in total. The minimum Gasteiger partial charge on any atom is -0.477 e. The zero-order valence-corrected chi connectivity index (χ0v) is 14.1. The molecular weight excluding hydrogens is 336 g/mol. The Morgan fingerprint density at radius 2 is 2.17 bits per heavy atom. The van der Waals surface area contributed by atoms with E-state index in [-0.39, 0.29) is 4.90 Å². The Morgan fingerprint density at radius 1 is 1.39 bits per heavy atom. The van der Waals surface area contributed by atoms with Crippen molar-refractivity contribution >= 4 is 33.0 Å². The molecule has 0 spiro atoms. The van der Waals surface area contributed by atoms with Gasteiger partial charge in [0.1, 0.15) is 4.88 Å². The average Bonchev–Trinajstić information content (AvgIpc) is 3.15. The zero-order chi connectivity index (χ0) is 16.6. The lowest BCUT2D eigenvalue weighted by atomic mass is 10.2. The number of nitrogens with zero attached hydrogens (tertiary/aromatic N) is 1. The summed E-state index contributed by atoms with van der Waals surface area (Å²) < 4.78 is 26.2. The van der Waals surface area contributed by atoms with E-state index in [9.17, 15) is 13.2 Å². The van der Waals surface area contributed by atoms with Gasteiger partial charge in [0, 0.05) is 18.8 Å². The molecule has 6 nitrogen and oxygen atoms in total. The van der Waals surface area contributed by atoms with E-state index in [1.54, 1.807) is 18.2 Å². The normalized spacial score (nSPS) is 14.0. The van der Waals surface area contributed by atoms with Crippen LogP contribution in [0.2, 0.25) is 0 Å². The minimum atomic E-state index is -3.48. The molecule has 122 valence electrons. The van der Waals surface area contributed by atoms with E-state index < -0.39 is 16.0 Å². The summed E-state index contributed by atoms with van der Waals surface area (Å²) in [7, 11) is -2.09. The fourth-order valence-electron chi connectivity index (χ4n) is 2.67. The predicted molar refractivity (Wildman–Crippen MR) is 88.7 cm³/mol. The van der Waals surface area contributed by atoms with E-state index in [1.165, 1.54) is 18.4 Å². The van der Waals surface area contributed by atoms with Gasteiger partial charge in [0.15, 0.2) is 0 Å². The first-order chi connectivity index (χ1) is 10.9. The van der Waals surface area contributed by atoms with Crippen molar-refractivity contribution in [1.29, 1.82) is 0 Å². The van der Waals surface area contributed by atoms with Crippen molar-refractivity contribution in [3.05, 3.63) is 45.6 Å². The molecule has 0 saturated heterocycles. The van der Waals surface area contributed by atoms with Gasteiger partial charge in [0.2, 0.25) is 10.0 Å². The maximum atomic E-state index is 12.0. The number of aromatic carboxylic acids is 1. The highest BCUT2D eigenvalue weighted by molar-refractivity contribution is 7.89. The summed E-state index contributed by atoms with van der Waals surface area (Å²) >= 11 is 1.20. The lowest BCUT2D eigenvalue weighted by Crippen LogP contribution is -2.21. The van der Waals surface area contributed by atoms with Crippen molar-refractivity contribution < 1.29 is 18.3 Å². The number of hydrogen-bond acceptors (Lipinski definition) is 5. The van der Waals surface area contributed by atoms with Gasteiger partial charge in [0.05, 0.1) is 4.90 Å². The molecule has 0 unspecified atom stereocenters. The monoisotopic (exact) mass is 352 g/mol. The van der Waals surface area contributed by atoms with Crippen LogP contribution in [0.1, 0.15) is 20.8 Å². The fraction of sp³-hybridized carbons (Fsp3) is 0.267. The van der Waals surface area contributed by atoms with Crippen LogP contribution in [0.15, 0.2) is 34.5 Å². The number of anilines is 1. The van der Waals surface area contributed by atoms with Crippen molar-refractivity contribution in [3.8, 4) is 0 Å². The van der Waals surface area contributed by atoms with Crippen LogP contribution in [0.5, 0.6) is 0 Å². The number of carboxylic acid groups (broad SMARTS) is 1. The summed E-state index contributed by atoms with van der Waals surface area (Å²) in [6.07, 6.45) is 0.852. The topological polar surface area (TPSA) is 86.7 Å². The standard InChI is InChI=1S/C15H16N2O4S2/c1-16-23(20,21)12-3-2-11-4-5-17(13(11)7-12)8-10-6-14(15(18)19)22-9-10/h2-3,6-7,9,16H,4-5,8H2,1H3,(H,18,19).